The third-order valence-corrected chi connectivity index (χ3v) is 4.69. The topological polar surface area (TPSA) is 104 Å². The second kappa shape index (κ2) is 9.59. The Hall–Kier alpha value is -3.55. The highest BCUT2D eigenvalue weighted by Crippen LogP contribution is 2.31. The monoisotopic (exact) mass is 395 g/mol. The van der Waals surface area contributed by atoms with Crippen molar-refractivity contribution in [3.63, 3.8) is 0 Å². The number of amides is 2. The molecule has 0 aliphatic carbocycles. The fraction of sp³-hybridized carbons (Fsp3) is 0.286. The number of para-hydroxylation sites is 1. The second-order valence-electron chi connectivity index (χ2n) is 6.66. The maximum atomic E-state index is 12.0. The summed E-state index contributed by atoms with van der Waals surface area (Å²) < 4.78 is 4.57. The van der Waals surface area contributed by atoms with Crippen LogP contribution in [0.4, 0.5) is 16.2 Å². The highest BCUT2D eigenvalue weighted by molar-refractivity contribution is 5.94. The van der Waals surface area contributed by atoms with Crippen LogP contribution in [0, 0.1) is 0 Å². The second-order valence-corrected chi connectivity index (χ2v) is 6.66. The molecule has 29 heavy (non-hydrogen) atoms. The molecule has 0 radical (unpaired) electrons. The van der Waals surface area contributed by atoms with Gasteiger partial charge in [-0.3, -0.25) is 15.1 Å². The molecule has 3 rings (SSSR count). The molecular formula is C21H25N5O3. The summed E-state index contributed by atoms with van der Waals surface area (Å²) >= 11 is 0. The van der Waals surface area contributed by atoms with Crippen molar-refractivity contribution in [3.05, 3.63) is 59.7 Å². The van der Waals surface area contributed by atoms with Gasteiger partial charge in [-0.2, -0.15) is 0 Å². The number of nitrogens with one attached hydrogen (secondary N) is 4. The van der Waals surface area contributed by atoms with E-state index < -0.39 is 6.09 Å². The molecule has 8 heteroatoms. The number of carbonyl (C=O) groups excluding carboxylic acids is 2. The fourth-order valence-electron chi connectivity index (χ4n) is 3.19. The quantitative estimate of drug-likeness (QED) is 0.460. The van der Waals surface area contributed by atoms with Crippen LogP contribution < -0.4 is 21.3 Å². The van der Waals surface area contributed by atoms with Crippen LogP contribution in [-0.4, -0.2) is 38.7 Å². The summed E-state index contributed by atoms with van der Waals surface area (Å²) in [6, 6.07) is 15.3. The van der Waals surface area contributed by atoms with E-state index in [1.807, 2.05) is 48.5 Å². The average molecular weight is 395 g/mol. The van der Waals surface area contributed by atoms with Crippen LogP contribution in [0.25, 0.3) is 0 Å². The standard InChI is InChI=1S/C21H25N5O3/c1-22-20(23-12-14-7-9-16(10-8-14)25-21(28)29-2)24-13-15-11-19(27)26-18-6-4-3-5-17(15)18/h3-10,15H,11-13H2,1-2H3,(H,25,28)(H,26,27)(H2,22,23,24). The summed E-state index contributed by atoms with van der Waals surface area (Å²) in [6.07, 6.45) is -0.0613. The molecule has 0 spiro atoms. The lowest BCUT2D eigenvalue weighted by molar-refractivity contribution is -0.116. The van der Waals surface area contributed by atoms with E-state index in [1.54, 1.807) is 7.05 Å². The van der Waals surface area contributed by atoms with E-state index in [9.17, 15) is 9.59 Å². The zero-order valence-electron chi connectivity index (χ0n) is 16.5. The molecule has 0 saturated carbocycles. The highest BCUT2D eigenvalue weighted by Gasteiger charge is 2.24. The van der Waals surface area contributed by atoms with Gasteiger partial charge in [0, 0.05) is 43.9 Å². The molecule has 0 bridgehead atoms. The van der Waals surface area contributed by atoms with Crippen LogP contribution >= 0.6 is 0 Å². The van der Waals surface area contributed by atoms with Gasteiger partial charge in [0.1, 0.15) is 0 Å². The van der Waals surface area contributed by atoms with Crippen molar-refractivity contribution in [3.8, 4) is 0 Å². The minimum absolute atomic E-state index is 0.0269. The maximum absolute atomic E-state index is 12.0. The molecule has 0 fully saturated rings. The number of fused-ring (bicyclic) bond motifs is 1. The molecule has 2 aromatic carbocycles. The van der Waals surface area contributed by atoms with E-state index in [0.29, 0.717) is 31.2 Å². The van der Waals surface area contributed by atoms with Gasteiger partial charge in [0.05, 0.1) is 7.11 Å². The van der Waals surface area contributed by atoms with Crippen LogP contribution in [0.15, 0.2) is 53.5 Å². The molecule has 1 aliphatic rings. The van der Waals surface area contributed by atoms with Crippen LogP contribution in [-0.2, 0) is 16.1 Å². The lowest BCUT2D eigenvalue weighted by Crippen LogP contribution is -2.40. The van der Waals surface area contributed by atoms with Gasteiger partial charge in [-0.05, 0) is 29.3 Å². The number of anilines is 2. The minimum atomic E-state index is -0.501. The first-order valence-electron chi connectivity index (χ1n) is 9.36. The molecule has 8 nitrogen and oxygen atoms in total. The summed E-state index contributed by atoms with van der Waals surface area (Å²) in [5, 5.41) is 12.1. The number of hydrogen-bond acceptors (Lipinski definition) is 4. The van der Waals surface area contributed by atoms with Gasteiger partial charge in [0.15, 0.2) is 5.96 Å². The van der Waals surface area contributed by atoms with E-state index in [4.69, 9.17) is 0 Å². The number of carbonyl (C=O) groups is 2. The SMILES string of the molecule is CN=C(NCc1ccc(NC(=O)OC)cc1)NCC1CC(=O)Nc2ccccc21. The van der Waals surface area contributed by atoms with Gasteiger partial charge < -0.3 is 20.7 Å². The van der Waals surface area contributed by atoms with Crippen LogP contribution in [0.5, 0.6) is 0 Å². The minimum Gasteiger partial charge on any atom is -0.453 e. The summed E-state index contributed by atoms with van der Waals surface area (Å²) in [5.41, 5.74) is 3.70. The molecule has 4 N–H and O–H groups in total. The lowest BCUT2D eigenvalue weighted by atomic mass is 9.90. The molecule has 152 valence electrons. The number of hydrogen-bond donors (Lipinski definition) is 4. The third kappa shape index (κ3) is 5.47. The number of aliphatic imine (C=N–C) groups is 1. The Balaban J connectivity index is 1.53. The molecule has 2 amide bonds. The summed E-state index contributed by atoms with van der Waals surface area (Å²) in [5.74, 6) is 0.770. The predicted octanol–water partition coefficient (Wildman–Crippen LogP) is 2.66. The van der Waals surface area contributed by atoms with Gasteiger partial charge in [0.2, 0.25) is 5.91 Å². The van der Waals surface area contributed by atoms with Crippen LogP contribution in [0.1, 0.15) is 23.5 Å². The largest absolute Gasteiger partial charge is 0.453 e. The predicted molar refractivity (Wildman–Crippen MR) is 113 cm³/mol. The molecule has 1 atom stereocenters. The van der Waals surface area contributed by atoms with Crippen molar-refractivity contribution < 1.29 is 14.3 Å². The van der Waals surface area contributed by atoms with Gasteiger partial charge >= 0.3 is 6.09 Å². The van der Waals surface area contributed by atoms with E-state index in [2.05, 4.69) is 31.0 Å². The van der Waals surface area contributed by atoms with Gasteiger partial charge in [-0.25, -0.2) is 4.79 Å². The van der Waals surface area contributed by atoms with Crippen molar-refractivity contribution in [1.29, 1.82) is 0 Å². The Bertz CT molecular complexity index is 895. The van der Waals surface area contributed by atoms with Gasteiger partial charge in [-0.15, -0.1) is 0 Å². The zero-order chi connectivity index (χ0) is 20.6. The smallest absolute Gasteiger partial charge is 0.411 e. The summed E-state index contributed by atoms with van der Waals surface area (Å²) in [7, 11) is 3.03. The number of nitrogens with zero attached hydrogens (tertiary/aromatic N) is 1. The highest BCUT2D eigenvalue weighted by atomic mass is 16.5. The van der Waals surface area contributed by atoms with Crippen LogP contribution in [0.2, 0.25) is 0 Å². The number of rotatable bonds is 5. The van der Waals surface area contributed by atoms with Crippen molar-refractivity contribution >= 4 is 29.3 Å². The van der Waals surface area contributed by atoms with E-state index in [1.165, 1.54) is 7.11 Å². The van der Waals surface area contributed by atoms with Gasteiger partial charge in [0.25, 0.3) is 0 Å². The fourth-order valence-corrected chi connectivity index (χ4v) is 3.19. The Morgan fingerprint density at radius 3 is 2.66 bits per heavy atom. The molecular weight excluding hydrogens is 370 g/mol. The summed E-state index contributed by atoms with van der Waals surface area (Å²) in [4.78, 5) is 27.4. The average Bonchev–Trinajstić information content (AvgIpc) is 2.74. The first-order chi connectivity index (χ1) is 14.1. The summed E-state index contributed by atoms with van der Waals surface area (Å²) in [6.45, 7) is 1.17. The molecule has 1 heterocycles. The number of guanidine groups is 1. The normalized spacial score (nSPS) is 15.7. The number of methoxy groups -OCH3 is 1. The Labute approximate surface area is 169 Å². The first-order valence-corrected chi connectivity index (χ1v) is 9.36. The lowest BCUT2D eigenvalue weighted by Gasteiger charge is -2.26. The third-order valence-electron chi connectivity index (χ3n) is 4.69. The maximum Gasteiger partial charge on any atom is 0.411 e. The van der Waals surface area contributed by atoms with E-state index in [0.717, 1.165) is 16.8 Å². The van der Waals surface area contributed by atoms with Crippen molar-refractivity contribution in [2.45, 2.75) is 18.9 Å². The number of ether oxygens (including phenoxy) is 1. The van der Waals surface area contributed by atoms with Crippen molar-refractivity contribution in [1.82, 2.24) is 10.6 Å². The van der Waals surface area contributed by atoms with Crippen molar-refractivity contribution in [2.24, 2.45) is 4.99 Å². The Kier molecular flexibility index (Phi) is 6.67. The molecule has 1 unspecified atom stereocenters. The van der Waals surface area contributed by atoms with Gasteiger partial charge in [-0.1, -0.05) is 30.3 Å². The molecule has 0 aromatic heterocycles. The Morgan fingerprint density at radius 1 is 1.17 bits per heavy atom. The molecule has 1 aliphatic heterocycles. The zero-order valence-corrected chi connectivity index (χ0v) is 16.5. The number of benzene rings is 2. The van der Waals surface area contributed by atoms with Crippen LogP contribution in [0.3, 0.4) is 0 Å². The molecule has 0 saturated heterocycles. The van der Waals surface area contributed by atoms with Crippen molar-refractivity contribution in [2.75, 3.05) is 31.3 Å². The first kappa shape index (κ1) is 20.2. The Morgan fingerprint density at radius 2 is 1.93 bits per heavy atom. The molecule has 2 aromatic rings. The van der Waals surface area contributed by atoms with E-state index in [-0.39, 0.29) is 11.8 Å². The van der Waals surface area contributed by atoms with E-state index >= 15 is 0 Å².